The number of hydrogen-bond acceptors (Lipinski definition) is 3. The molecule has 3 nitrogen and oxygen atoms in total. The summed E-state index contributed by atoms with van der Waals surface area (Å²) in [6.45, 7) is 2.73. The molecule has 0 spiro atoms. The van der Waals surface area contributed by atoms with E-state index in [4.69, 9.17) is 0 Å². The standard InChI is InChI=1S/C4H6O3/c1-4(6-2)7-3-5/h1-2H3. The normalized spacial score (nSPS) is 9.00. The third-order valence-corrected chi connectivity index (χ3v) is 0.473. The van der Waals surface area contributed by atoms with Crippen LogP contribution in [0.25, 0.3) is 0 Å². The maximum atomic E-state index is 9.33. The molecule has 0 aromatic carbocycles. The van der Waals surface area contributed by atoms with Crippen molar-refractivity contribution in [2.45, 2.75) is 6.92 Å². The van der Waals surface area contributed by atoms with Gasteiger partial charge in [-0.15, -0.1) is 0 Å². The Morgan fingerprint density at radius 3 is 2.43 bits per heavy atom. The van der Waals surface area contributed by atoms with Crippen LogP contribution < -0.4 is 0 Å². The Balaban J connectivity index is 2.98. The second-order valence-corrected chi connectivity index (χ2v) is 0.881. The molecule has 40 valence electrons. The van der Waals surface area contributed by atoms with E-state index in [9.17, 15) is 4.79 Å². The highest BCUT2D eigenvalue weighted by Gasteiger charge is 1.97. The molecule has 2 radical (unpaired) electrons. The highest BCUT2D eigenvalue weighted by atomic mass is 16.7. The van der Waals surface area contributed by atoms with E-state index < -0.39 is 0 Å². The molecule has 0 unspecified atom stereocenters. The summed E-state index contributed by atoms with van der Waals surface area (Å²) in [7, 11) is 1.41. The van der Waals surface area contributed by atoms with Crippen molar-refractivity contribution < 1.29 is 14.3 Å². The highest BCUT2D eigenvalue weighted by molar-refractivity contribution is 5.39. The average molecular weight is 102 g/mol. The second-order valence-electron chi connectivity index (χ2n) is 0.881. The lowest BCUT2D eigenvalue weighted by atomic mass is 10.8. The fraction of sp³-hybridized carbons (Fsp3) is 0.500. The summed E-state index contributed by atoms with van der Waals surface area (Å²) in [5.41, 5.74) is 0. The molecule has 0 amide bonds. The fourth-order valence-corrected chi connectivity index (χ4v) is 0.100. The molecule has 0 atom stereocenters. The SMILES string of the molecule is CO[C](C)O[C]=O. The predicted molar refractivity (Wildman–Crippen MR) is 22.7 cm³/mol. The summed E-state index contributed by atoms with van der Waals surface area (Å²) in [6.07, 6.45) is 0.204. The van der Waals surface area contributed by atoms with Crippen molar-refractivity contribution in [1.29, 1.82) is 0 Å². The van der Waals surface area contributed by atoms with Crippen LogP contribution in [-0.2, 0) is 14.3 Å². The lowest BCUT2D eigenvalue weighted by Crippen LogP contribution is -1.97. The van der Waals surface area contributed by atoms with Crippen LogP contribution in [0.5, 0.6) is 0 Å². The highest BCUT2D eigenvalue weighted by Crippen LogP contribution is 1.95. The van der Waals surface area contributed by atoms with Gasteiger partial charge >= 0.3 is 6.47 Å². The first-order chi connectivity index (χ1) is 3.31. The van der Waals surface area contributed by atoms with Crippen LogP contribution in [0.4, 0.5) is 0 Å². The van der Waals surface area contributed by atoms with Gasteiger partial charge in [0.05, 0.1) is 0 Å². The molecule has 0 fully saturated rings. The third kappa shape index (κ3) is 3.26. The smallest absolute Gasteiger partial charge is 0.418 e. The molecule has 3 heteroatoms. The molecule has 0 bridgehead atoms. The first-order valence-corrected chi connectivity index (χ1v) is 1.72. The van der Waals surface area contributed by atoms with E-state index in [0.717, 1.165) is 0 Å². The van der Waals surface area contributed by atoms with Crippen molar-refractivity contribution >= 4 is 6.47 Å². The van der Waals surface area contributed by atoms with Gasteiger partial charge in [-0.05, 0) is 0 Å². The van der Waals surface area contributed by atoms with E-state index >= 15 is 0 Å². The molecular formula is C4H6O3. The van der Waals surface area contributed by atoms with E-state index in [1.165, 1.54) is 20.5 Å². The number of rotatable bonds is 3. The number of hydrogen-bond donors (Lipinski definition) is 0. The van der Waals surface area contributed by atoms with Crippen LogP contribution in [0.1, 0.15) is 6.92 Å². The van der Waals surface area contributed by atoms with Crippen molar-refractivity contribution in [2.75, 3.05) is 7.11 Å². The molecule has 7 heavy (non-hydrogen) atoms. The zero-order valence-electron chi connectivity index (χ0n) is 4.22. The van der Waals surface area contributed by atoms with Crippen LogP contribution in [0.3, 0.4) is 0 Å². The minimum atomic E-state index is 0.204. The van der Waals surface area contributed by atoms with E-state index in [-0.39, 0.29) is 6.29 Å². The Bertz CT molecular complexity index is 52.9. The van der Waals surface area contributed by atoms with E-state index in [2.05, 4.69) is 9.47 Å². The molecule has 0 aliphatic rings. The molecule has 0 rings (SSSR count). The van der Waals surface area contributed by atoms with Gasteiger partial charge in [-0.3, -0.25) is 0 Å². The Morgan fingerprint density at radius 1 is 1.71 bits per heavy atom. The largest absolute Gasteiger partial charge is 0.420 e. The summed E-state index contributed by atoms with van der Waals surface area (Å²) in [5.74, 6) is 0. The predicted octanol–water partition coefficient (Wildman–Crippen LogP) is 0.226. The van der Waals surface area contributed by atoms with Gasteiger partial charge in [-0.2, -0.15) is 0 Å². The van der Waals surface area contributed by atoms with Crippen molar-refractivity contribution in [3.05, 3.63) is 6.29 Å². The molecule has 0 aromatic rings. The quantitative estimate of drug-likeness (QED) is 0.511. The minimum absolute atomic E-state index is 0.204. The van der Waals surface area contributed by atoms with Crippen LogP contribution in [0.15, 0.2) is 0 Å². The van der Waals surface area contributed by atoms with Crippen LogP contribution in [0, 0.1) is 6.29 Å². The number of carbonyl (C=O) groups excluding carboxylic acids is 1. The first-order valence-electron chi connectivity index (χ1n) is 1.72. The Kier molecular flexibility index (Phi) is 3.32. The van der Waals surface area contributed by atoms with Gasteiger partial charge in [0.25, 0.3) is 6.29 Å². The van der Waals surface area contributed by atoms with Gasteiger partial charge in [-0.25, -0.2) is 4.79 Å². The van der Waals surface area contributed by atoms with Crippen molar-refractivity contribution in [3.63, 3.8) is 0 Å². The topological polar surface area (TPSA) is 35.5 Å². The van der Waals surface area contributed by atoms with Gasteiger partial charge < -0.3 is 9.47 Å². The van der Waals surface area contributed by atoms with E-state index in [0.29, 0.717) is 0 Å². The molecule has 0 N–H and O–H groups in total. The summed E-state index contributed by atoms with van der Waals surface area (Å²) in [5, 5.41) is 0. The fourth-order valence-electron chi connectivity index (χ4n) is 0.100. The lowest BCUT2D eigenvalue weighted by molar-refractivity contribution is 0.0555. The van der Waals surface area contributed by atoms with Crippen molar-refractivity contribution in [2.24, 2.45) is 0 Å². The molecule has 0 saturated heterocycles. The van der Waals surface area contributed by atoms with Gasteiger partial charge in [0.1, 0.15) is 0 Å². The van der Waals surface area contributed by atoms with Crippen molar-refractivity contribution in [3.8, 4) is 0 Å². The summed E-state index contributed by atoms with van der Waals surface area (Å²) in [6, 6.07) is 0. The summed E-state index contributed by atoms with van der Waals surface area (Å²) < 4.78 is 8.50. The molecule has 0 aliphatic heterocycles. The molecule has 0 aromatic heterocycles. The third-order valence-electron chi connectivity index (χ3n) is 0.473. The van der Waals surface area contributed by atoms with Gasteiger partial charge in [0.2, 0.25) is 0 Å². The Morgan fingerprint density at radius 2 is 2.29 bits per heavy atom. The second kappa shape index (κ2) is 3.61. The zero-order valence-corrected chi connectivity index (χ0v) is 4.22. The van der Waals surface area contributed by atoms with Crippen LogP contribution in [-0.4, -0.2) is 13.6 Å². The monoisotopic (exact) mass is 102 g/mol. The van der Waals surface area contributed by atoms with Gasteiger partial charge in [-0.1, -0.05) is 0 Å². The Hall–Kier alpha value is -0.570. The van der Waals surface area contributed by atoms with E-state index in [1.54, 1.807) is 0 Å². The average Bonchev–Trinajstić information content (AvgIpc) is 1.68. The zero-order chi connectivity index (χ0) is 5.70. The van der Waals surface area contributed by atoms with Crippen molar-refractivity contribution in [1.82, 2.24) is 0 Å². The molecular weight excluding hydrogens is 96.0 g/mol. The van der Waals surface area contributed by atoms with Crippen LogP contribution >= 0.6 is 0 Å². The molecule has 0 aliphatic carbocycles. The van der Waals surface area contributed by atoms with Crippen LogP contribution in [0.2, 0.25) is 0 Å². The minimum Gasteiger partial charge on any atom is -0.418 e. The maximum absolute atomic E-state index is 9.33. The maximum Gasteiger partial charge on any atom is 0.420 e. The first kappa shape index (κ1) is 6.43. The van der Waals surface area contributed by atoms with E-state index in [1.807, 2.05) is 0 Å². The number of ether oxygens (including phenoxy) is 2. The molecule has 0 saturated carbocycles. The van der Waals surface area contributed by atoms with Gasteiger partial charge in [0, 0.05) is 14.0 Å². The Labute approximate surface area is 42.2 Å². The lowest BCUT2D eigenvalue weighted by Gasteiger charge is -1.99. The summed E-state index contributed by atoms with van der Waals surface area (Å²) >= 11 is 0. The van der Waals surface area contributed by atoms with Gasteiger partial charge in [0.15, 0.2) is 0 Å². The number of methoxy groups -OCH3 is 1. The summed E-state index contributed by atoms with van der Waals surface area (Å²) in [4.78, 5) is 9.33. The molecule has 0 heterocycles.